The van der Waals surface area contributed by atoms with E-state index in [2.05, 4.69) is 30.6 Å². The molecule has 1 aliphatic heterocycles. The van der Waals surface area contributed by atoms with E-state index in [1.54, 1.807) is 7.05 Å². The van der Waals surface area contributed by atoms with Gasteiger partial charge in [-0.1, -0.05) is 0 Å². The average Bonchev–Trinajstić information content (AvgIpc) is 3.23. The van der Waals surface area contributed by atoms with Crippen molar-refractivity contribution in [2.75, 3.05) is 25.0 Å². The molecule has 25 heavy (non-hydrogen) atoms. The Bertz CT molecular complexity index is 770. The molecule has 8 nitrogen and oxygen atoms in total. The van der Waals surface area contributed by atoms with E-state index in [9.17, 15) is 4.79 Å². The predicted octanol–water partition coefficient (Wildman–Crippen LogP) is 0.555. The van der Waals surface area contributed by atoms with Crippen LogP contribution in [0.15, 0.2) is 12.3 Å². The zero-order valence-electron chi connectivity index (χ0n) is 15.2. The maximum Gasteiger partial charge on any atom is 0.288 e. The summed E-state index contributed by atoms with van der Waals surface area (Å²) in [7, 11) is 3.51. The minimum absolute atomic E-state index is 0.227. The number of carbonyl (C=O) groups is 1. The van der Waals surface area contributed by atoms with E-state index < -0.39 is 0 Å². The Morgan fingerprint density at radius 2 is 2.16 bits per heavy atom. The molecule has 0 radical (unpaired) electrons. The second kappa shape index (κ2) is 7.18. The number of anilines is 1. The lowest BCUT2D eigenvalue weighted by molar-refractivity contribution is 0.0952. The summed E-state index contributed by atoms with van der Waals surface area (Å²) in [5.74, 6) is 0.826. The first kappa shape index (κ1) is 17.3. The Morgan fingerprint density at radius 1 is 1.36 bits per heavy atom. The molecule has 2 N–H and O–H groups in total. The number of aromatic nitrogens is 4. The van der Waals surface area contributed by atoms with Crippen LogP contribution in [0.4, 0.5) is 5.82 Å². The molecule has 1 saturated heterocycles. The van der Waals surface area contributed by atoms with Gasteiger partial charge in [0.15, 0.2) is 0 Å². The third-order valence-corrected chi connectivity index (χ3v) is 4.62. The number of rotatable bonds is 5. The van der Waals surface area contributed by atoms with E-state index in [4.69, 9.17) is 0 Å². The topological polar surface area (TPSA) is 88.0 Å². The van der Waals surface area contributed by atoms with Gasteiger partial charge in [-0.05, 0) is 26.3 Å². The number of nitrogens with one attached hydrogen (secondary N) is 2. The molecule has 1 atom stereocenters. The number of carbonyl (C=O) groups excluding carboxylic acids is 1. The summed E-state index contributed by atoms with van der Waals surface area (Å²) in [6, 6.07) is 2.40. The van der Waals surface area contributed by atoms with Crippen molar-refractivity contribution in [1.82, 2.24) is 30.4 Å². The molecular formula is C17H25N7O. The zero-order valence-corrected chi connectivity index (χ0v) is 15.2. The lowest BCUT2D eigenvalue weighted by atomic mass is 10.2. The normalized spacial score (nSPS) is 17.1. The summed E-state index contributed by atoms with van der Waals surface area (Å²) in [5, 5.41) is 10.5. The maximum atomic E-state index is 11.9. The molecule has 8 heteroatoms. The van der Waals surface area contributed by atoms with E-state index in [0.29, 0.717) is 6.04 Å². The standard InChI is InChI=1S/C17H25N7O/c1-11-12(2)20-15(17(25)18-3)21-16(11)24-8-6-14(10-24)19-9-13-5-7-23(4)22-13/h5,7,14,19H,6,8-10H2,1-4H3,(H,18,25)/t14-/m1/s1. The van der Waals surface area contributed by atoms with Crippen molar-refractivity contribution < 1.29 is 4.79 Å². The van der Waals surface area contributed by atoms with Gasteiger partial charge in [-0.15, -0.1) is 0 Å². The Morgan fingerprint density at radius 3 is 2.84 bits per heavy atom. The zero-order chi connectivity index (χ0) is 18.0. The van der Waals surface area contributed by atoms with Gasteiger partial charge in [0.2, 0.25) is 5.82 Å². The van der Waals surface area contributed by atoms with Crippen LogP contribution in [0.1, 0.15) is 34.0 Å². The first-order valence-electron chi connectivity index (χ1n) is 8.52. The van der Waals surface area contributed by atoms with Gasteiger partial charge in [0.25, 0.3) is 5.91 Å². The minimum atomic E-state index is -0.256. The molecule has 3 rings (SSSR count). The van der Waals surface area contributed by atoms with Crippen LogP contribution in [-0.2, 0) is 13.6 Å². The van der Waals surface area contributed by atoms with Crippen molar-refractivity contribution in [1.29, 1.82) is 0 Å². The molecular weight excluding hydrogens is 318 g/mol. The summed E-state index contributed by atoms with van der Waals surface area (Å²) < 4.78 is 1.81. The van der Waals surface area contributed by atoms with Crippen molar-refractivity contribution in [2.45, 2.75) is 32.9 Å². The average molecular weight is 343 g/mol. The highest BCUT2D eigenvalue weighted by Gasteiger charge is 2.26. The molecule has 3 heterocycles. The fourth-order valence-corrected chi connectivity index (χ4v) is 3.06. The van der Waals surface area contributed by atoms with Gasteiger partial charge in [-0.3, -0.25) is 9.48 Å². The Hall–Kier alpha value is -2.48. The molecule has 0 bridgehead atoms. The largest absolute Gasteiger partial charge is 0.355 e. The van der Waals surface area contributed by atoms with Crippen molar-refractivity contribution >= 4 is 11.7 Å². The number of amides is 1. The van der Waals surface area contributed by atoms with Crippen molar-refractivity contribution in [3.63, 3.8) is 0 Å². The molecule has 1 fully saturated rings. The fraction of sp³-hybridized carbons (Fsp3) is 0.529. The molecule has 0 unspecified atom stereocenters. The minimum Gasteiger partial charge on any atom is -0.355 e. The lowest BCUT2D eigenvalue weighted by Gasteiger charge is -2.21. The predicted molar refractivity (Wildman–Crippen MR) is 95.6 cm³/mol. The van der Waals surface area contributed by atoms with Crippen LogP contribution >= 0.6 is 0 Å². The van der Waals surface area contributed by atoms with E-state index in [0.717, 1.165) is 48.8 Å². The molecule has 0 spiro atoms. The number of nitrogens with zero attached hydrogens (tertiary/aromatic N) is 5. The van der Waals surface area contributed by atoms with E-state index in [1.807, 2.05) is 37.8 Å². The summed E-state index contributed by atoms with van der Waals surface area (Å²) >= 11 is 0. The highest BCUT2D eigenvalue weighted by atomic mass is 16.2. The van der Waals surface area contributed by atoms with Gasteiger partial charge in [0.1, 0.15) is 5.82 Å². The van der Waals surface area contributed by atoms with Gasteiger partial charge in [0, 0.05) is 57.2 Å². The molecule has 0 aliphatic carbocycles. The number of hydrogen-bond acceptors (Lipinski definition) is 6. The molecule has 134 valence electrons. The van der Waals surface area contributed by atoms with Gasteiger partial charge in [-0.25, -0.2) is 9.97 Å². The number of aryl methyl sites for hydroxylation is 2. The summed E-state index contributed by atoms with van der Waals surface area (Å²) in [4.78, 5) is 22.9. The van der Waals surface area contributed by atoms with Crippen LogP contribution in [-0.4, -0.2) is 51.8 Å². The van der Waals surface area contributed by atoms with Crippen molar-refractivity contribution in [3.8, 4) is 0 Å². The first-order valence-corrected chi connectivity index (χ1v) is 8.52. The van der Waals surface area contributed by atoms with Crippen LogP contribution in [0.25, 0.3) is 0 Å². The SMILES string of the molecule is CNC(=O)c1nc(C)c(C)c(N2CC[C@@H](NCc3ccn(C)n3)C2)n1. The quantitative estimate of drug-likeness (QED) is 0.825. The van der Waals surface area contributed by atoms with Gasteiger partial charge >= 0.3 is 0 Å². The Kier molecular flexibility index (Phi) is 4.98. The highest BCUT2D eigenvalue weighted by molar-refractivity contribution is 5.90. The fourth-order valence-electron chi connectivity index (χ4n) is 3.06. The lowest BCUT2D eigenvalue weighted by Crippen LogP contribution is -2.33. The summed E-state index contributed by atoms with van der Waals surface area (Å²) in [6.45, 7) is 6.44. The first-order chi connectivity index (χ1) is 12.0. The number of hydrogen-bond donors (Lipinski definition) is 2. The monoisotopic (exact) mass is 343 g/mol. The second-order valence-electron chi connectivity index (χ2n) is 6.45. The van der Waals surface area contributed by atoms with Crippen LogP contribution in [0.3, 0.4) is 0 Å². The van der Waals surface area contributed by atoms with Gasteiger partial charge < -0.3 is 15.5 Å². The van der Waals surface area contributed by atoms with Crippen LogP contribution in [0.2, 0.25) is 0 Å². The van der Waals surface area contributed by atoms with Gasteiger partial charge in [-0.2, -0.15) is 5.10 Å². The van der Waals surface area contributed by atoms with Crippen LogP contribution in [0.5, 0.6) is 0 Å². The molecule has 1 aliphatic rings. The second-order valence-corrected chi connectivity index (χ2v) is 6.45. The van der Waals surface area contributed by atoms with Crippen molar-refractivity contribution in [3.05, 3.63) is 35.0 Å². The van der Waals surface area contributed by atoms with E-state index in [1.165, 1.54) is 0 Å². The molecule has 1 amide bonds. The van der Waals surface area contributed by atoms with Crippen LogP contribution in [0, 0.1) is 13.8 Å². The van der Waals surface area contributed by atoms with Crippen molar-refractivity contribution in [2.24, 2.45) is 7.05 Å². The highest BCUT2D eigenvalue weighted by Crippen LogP contribution is 2.24. The van der Waals surface area contributed by atoms with E-state index in [-0.39, 0.29) is 11.7 Å². The molecule has 2 aromatic heterocycles. The van der Waals surface area contributed by atoms with E-state index >= 15 is 0 Å². The molecule has 2 aromatic rings. The third-order valence-electron chi connectivity index (χ3n) is 4.62. The molecule has 0 saturated carbocycles. The Balaban J connectivity index is 1.68. The van der Waals surface area contributed by atoms with Gasteiger partial charge in [0.05, 0.1) is 5.69 Å². The maximum absolute atomic E-state index is 11.9. The van der Waals surface area contributed by atoms with Crippen LogP contribution < -0.4 is 15.5 Å². The third kappa shape index (κ3) is 3.79. The smallest absolute Gasteiger partial charge is 0.288 e. The molecule has 0 aromatic carbocycles. The summed E-state index contributed by atoms with van der Waals surface area (Å²) in [5.41, 5.74) is 2.91. The Labute approximate surface area is 147 Å². The summed E-state index contributed by atoms with van der Waals surface area (Å²) in [6.07, 6.45) is 2.98.